The third-order valence-electron chi connectivity index (χ3n) is 5.59. The molecule has 0 saturated carbocycles. The number of hydrogen-bond donors (Lipinski definition) is 0. The molecule has 1 fully saturated rings. The molecular formula is C22H18F3N5O5. The van der Waals surface area contributed by atoms with Crippen molar-refractivity contribution in [1.82, 2.24) is 9.55 Å². The highest BCUT2D eigenvalue weighted by Gasteiger charge is 2.34. The molecule has 1 saturated heterocycles. The SMILES string of the molecule is [C-]#[N+]c1ccc2c(n1)c(N1CCC(Oc3ccc(OC(F)(F)F)cc3)CC1)c([N+](=O)[O-])c(=O)n2C. The van der Waals surface area contributed by atoms with Crippen molar-refractivity contribution < 1.29 is 27.6 Å². The zero-order valence-corrected chi connectivity index (χ0v) is 18.3. The Balaban J connectivity index is 1.57. The number of hydrogen-bond acceptors (Lipinski definition) is 7. The van der Waals surface area contributed by atoms with E-state index in [2.05, 4.69) is 14.6 Å². The number of piperidine rings is 1. The van der Waals surface area contributed by atoms with E-state index in [4.69, 9.17) is 11.3 Å². The fourth-order valence-electron chi connectivity index (χ4n) is 4.00. The first-order valence-electron chi connectivity index (χ1n) is 10.4. The Morgan fingerprint density at radius 3 is 2.34 bits per heavy atom. The lowest BCUT2D eigenvalue weighted by molar-refractivity contribution is -0.385. The van der Waals surface area contributed by atoms with E-state index in [1.54, 1.807) is 4.90 Å². The number of ether oxygens (including phenoxy) is 2. The number of anilines is 1. The maximum Gasteiger partial charge on any atom is 0.573 e. The van der Waals surface area contributed by atoms with Crippen LogP contribution in [-0.2, 0) is 7.05 Å². The van der Waals surface area contributed by atoms with Gasteiger partial charge in [-0.3, -0.25) is 14.9 Å². The first-order valence-corrected chi connectivity index (χ1v) is 10.4. The molecule has 0 bridgehead atoms. The minimum atomic E-state index is -4.79. The fraction of sp³-hybridized carbons (Fsp3) is 0.318. The molecule has 3 heterocycles. The van der Waals surface area contributed by atoms with Crippen molar-refractivity contribution in [1.29, 1.82) is 0 Å². The molecule has 0 spiro atoms. The summed E-state index contributed by atoms with van der Waals surface area (Å²) < 4.78 is 47.8. The van der Waals surface area contributed by atoms with Gasteiger partial charge in [0.05, 0.1) is 10.4 Å². The molecule has 0 amide bonds. The predicted octanol–water partition coefficient (Wildman–Crippen LogP) is 4.34. The van der Waals surface area contributed by atoms with Crippen molar-refractivity contribution in [3.05, 3.63) is 68.3 Å². The van der Waals surface area contributed by atoms with Gasteiger partial charge in [-0.25, -0.2) is 0 Å². The average Bonchev–Trinajstić information content (AvgIpc) is 2.81. The summed E-state index contributed by atoms with van der Waals surface area (Å²) in [5.41, 5.74) is -0.788. The van der Waals surface area contributed by atoms with Crippen LogP contribution in [0.5, 0.6) is 11.5 Å². The second-order valence-corrected chi connectivity index (χ2v) is 7.79. The molecule has 2 aromatic heterocycles. The van der Waals surface area contributed by atoms with Crippen LogP contribution in [0.15, 0.2) is 41.2 Å². The quantitative estimate of drug-likeness (QED) is 0.298. The molecule has 0 unspecified atom stereocenters. The van der Waals surface area contributed by atoms with E-state index in [1.165, 1.54) is 31.3 Å². The average molecular weight is 489 g/mol. The molecule has 0 atom stereocenters. The predicted molar refractivity (Wildman–Crippen MR) is 119 cm³/mol. The minimum Gasteiger partial charge on any atom is -0.490 e. The fourth-order valence-corrected chi connectivity index (χ4v) is 4.00. The molecule has 1 aromatic carbocycles. The lowest BCUT2D eigenvalue weighted by Crippen LogP contribution is -2.39. The van der Waals surface area contributed by atoms with Crippen LogP contribution in [0.4, 0.5) is 30.4 Å². The highest BCUT2D eigenvalue weighted by atomic mass is 19.4. The maximum absolute atomic E-state index is 12.8. The molecule has 0 aliphatic carbocycles. The number of pyridine rings is 2. The van der Waals surface area contributed by atoms with Gasteiger partial charge in [0.1, 0.15) is 17.6 Å². The van der Waals surface area contributed by atoms with Crippen LogP contribution in [0, 0.1) is 16.7 Å². The standard InChI is InChI=1S/C22H18F3N5O5/c1-26-17-8-7-16-18(27-17)19(20(30(32)33)21(31)28(16)2)29-11-9-14(10-12-29)34-13-3-5-15(6-4-13)35-22(23,24)25/h3-8,14H,9-12H2,2H3. The Bertz CT molecular complexity index is 1370. The first kappa shape index (κ1) is 23.8. The van der Waals surface area contributed by atoms with Gasteiger partial charge in [0, 0.05) is 33.0 Å². The number of nitrogens with zero attached hydrogens (tertiary/aromatic N) is 5. The van der Waals surface area contributed by atoms with Crippen LogP contribution < -0.4 is 19.9 Å². The van der Waals surface area contributed by atoms with Crippen molar-refractivity contribution in [2.45, 2.75) is 25.3 Å². The molecule has 182 valence electrons. The van der Waals surface area contributed by atoms with E-state index < -0.39 is 22.5 Å². The Labute approximate surface area is 196 Å². The third-order valence-corrected chi connectivity index (χ3v) is 5.59. The molecule has 13 heteroatoms. The van der Waals surface area contributed by atoms with Gasteiger partial charge in [-0.15, -0.1) is 18.2 Å². The van der Waals surface area contributed by atoms with Gasteiger partial charge >= 0.3 is 17.6 Å². The van der Waals surface area contributed by atoms with Crippen LogP contribution in [0.1, 0.15) is 12.8 Å². The molecule has 10 nitrogen and oxygen atoms in total. The van der Waals surface area contributed by atoms with E-state index in [9.17, 15) is 28.1 Å². The number of halogens is 3. The molecule has 0 radical (unpaired) electrons. The Kier molecular flexibility index (Phi) is 6.21. The first-order chi connectivity index (χ1) is 16.6. The summed E-state index contributed by atoms with van der Waals surface area (Å²) in [7, 11) is 1.41. The van der Waals surface area contributed by atoms with Gasteiger partial charge in [-0.05, 0) is 36.4 Å². The summed E-state index contributed by atoms with van der Waals surface area (Å²) in [6.45, 7) is 7.82. The number of rotatable bonds is 5. The molecule has 1 aliphatic rings. The van der Waals surface area contributed by atoms with Crippen LogP contribution >= 0.6 is 0 Å². The smallest absolute Gasteiger partial charge is 0.490 e. The summed E-state index contributed by atoms with van der Waals surface area (Å²) in [4.78, 5) is 33.1. The van der Waals surface area contributed by atoms with Crippen molar-refractivity contribution >= 4 is 28.2 Å². The second-order valence-electron chi connectivity index (χ2n) is 7.79. The van der Waals surface area contributed by atoms with Crippen molar-refractivity contribution in [3.63, 3.8) is 0 Å². The van der Waals surface area contributed by atoms with E-state index in [-0.39, 0.29) is 28.9 Å². The molecular weight excluding hydrogens is 471 g/mol. The summed E-state index contributed by atoms with van der Waals surface area (Å²) in [5.74, 6) is 0.0324. The van der Waals surface area contributed by atoms with Crippen molar-refractivity contribution in [2.75, 3.05) is 18.0 Å². The Morgan fingerprint density at radius 1 is 1.14 bits per heavy atom. The maximum atomic E-state index is 12.8. The number of alkyl halides is 3. The van der Waals surface area contributed by atoms with Gasteiger partial charge in [0.25, 0.3) is 5.82 Å². The summed E-state index contributed by atoms with van der Waals surface area (Å²) in [6.07, 6.45) is -4.23. The normalized spacial score (nSPS) is 14.5. The van der Waals surface area contributed by atoms with Gasteiger partial charge in [0.15, 0.2) is 5.69 Å². The Morgan fingerprint density at radius 2 is 1.77 bits per heavy atom. The van der Waals surface area contributed by atoms with E-state index in [0.717, 1.165) is 16.7 Å². The minimum absolute atomic E-state index is 0.0443. The highest BCUT2D eigenvalue weighted by Crippen LogP contribution is 2.35. The Hall–Kier alpha value is -4.34. The van der Waals surface area contributed by atoms with E-state index in [0.29, 0.717) is 37.2 Å². The molecule has 35 heavy (non-hydrogen) atoms. The summed E-state index contributed by atoms with van der Waals surface area (Å²) in [5, 5.41) is 11.8. The zero-order valence-electron chi connectivity index (χ0n) is 18.3. The number of nitro groups is 1. The second kappa shape index (κ2) is 9.13. The number of aromatic nitrogens is 2. The summed E-state index contributed by atoms with van der Waals surface area (Å²) in [6, 6.07) is 7.99. The van der Waals surface area contributed by atoms with E-state index >= 15 is 0 Å². The van der Waals surface area contributed by atoms with Crippen LogP contribution in [0.3, 0.4) is 0 Å². The number of benzene rings is 1. The highest BCUT2D eigenvalue weighted by molar-refractivity contribution is 5.94. The molecule has 1 aliphatic heterocycles. The molecule has 3 aromatic rings. The monoisotopic (exact) mass is 489 g/mol. The van der Waals surface area contributed by atoms with Gasteiger partial charge in [0.2, 0.25) is 5.52 Å². The largest absolute Gasteiger partial charge is 0.573 e. The summed E-state index contributed by atoms with van der Waals surface area (Å²) >= 11 is 0. The lowest BCUT2D eigenvalue weighted by Gasteiger charge is -2.33. The molecule has 4 rings (SSSR count). The third kappa shape index (κ3) is 4.96. The number of aryl methyl sites for hydroxylation is 1. The van der Waals surface area contributed by atoms with Crippen LogP contribution in [0.25, 0.3) is 15.9 Å². The van der Waals surface area contributed by atoms with Gasteiger partial charge < -0.3 is 23.8 Å². The van der Waals surface area contributed by atoms with Crippen LogP contribution in [-0.4, -0.2) is 40.0 Å². The molecule has 0 N–H and O–H groups in total. The van der Waals surface area contributed by atoms with Gasteiger partial charge in [-0.1, -0.05) is 6.57 Å². The topological polar surface area (TPSA) is 104 Å². The van der Waals surface area contributed by atoms with Crippen molar-refractivity contribution in [3.8, 4) is 11.5 Å². The number of fused-ring (bicyclic) bond motifs is 1. The van der Waals surface area contributed by atoms with E-state index in [1.807, 2.05) is 0 Å². The zero-order chi connectivity index (χ0) is 25.3. The lowest BCUT2D eigenvalue weighted by atomic mass is 10.1. The van der Waals surface area contributed by atoms with Crippen LogP contribution in [0.2, 0.25) is 0 Å². The van der Waals surface area contributed by atoms with Gasteiger partial charge in [-0.2, -0.15) is 0 Å². The van der Waals surface area contributed by atoms with Crippen molar-refractivity contribution in [2.24, 2.45) is 7.05 Å².